The van der Waals surface area contributed by atoms with Crippen LogP contribution in [0.25, 0.3) is 0 Å². The van der Waals surface area contributed by atoms with E-state index < -0.39 is 36.4 Å². The van der Waals surface area contributed by atoms with E-state index in [1.54, 1.807) is 0 Å². The second kappa shape index (κ2) is 32.6. The molecule has 0 heterocycles. The summed E-state index contributed by atoms with van der Waals surface area (Å²) in [4.78, 5) is 72.5. The average Bonchev–Trinajstić information content (AvgIpc) is 3.15. The van der Waals surface area contributed by atoms with E-state index in [1.165, 1.54) is 113 Å². The highest BCUT2D eigenvalue weighted by Gasteiger charge is 2.22. The lowest BCUT2D eigenvalue weighted by Gasteiger charge is -2.18. The zero-order valence-corrected chi connectivity index (χ0v) is 34.2. The molecule has 0 aliphatic rings. The van der Waals surface area contributed by atoms with Crippen LogP contribution in [0.3, 0.4) is 0 Å². The number of ether oxygens (including phenoxy) is 2. The summed E-state index contributed by atoms with van der Waals surface area (Å²) in [7, 11) is 0. The number of aliphatic carboxylic acids is 2. The molecule has 12 nitrogen and oxygen atoms in total. The monoisotopic (exact) mass is 792 g/mol. The molecule has 4 N–H and O–H groups in total. The summed E-state index contributed by atoms with van der Waals surface area (Å²) in [6.45, 7) is 4.40. The Labute approximate surface area is 333 Å². The van der Waals surface area contributed by atoms with Gasteiger partial charge in [0.2, 0.25) is 5.91 Å². The van der Waals surface area contributed by atoms with Crippen molar-refractivity contribution in [1.82, 2.24) is 5.32 Å². The van der Waals surface area contributed by atoms with Crippen LogP contribution >= 0.6 is 11.8 Å². The molecule has 0 saturated heterocycles. The molecule has 312 valence electrons. The third kappa shape index (κ3) is 27.6. The fourth-order valence-electron chi connectivity index (χ4n) is 5.85. The fraction of sp³-hybridized carbons (Fsp3) is 0.714. The van der Waals surface area contributed by atoms with E-state index in [-0.39, 0.29) is 42.9 Å². The lowest BCUT2D eigenvalue weighted by atomic mass is 10.1. The van der Waals surface area contributed by atoms with Crippen molar-refractivity contribution in [3.05, 3.63) is 29.8 Å². The number of thioether (sulfide) groups is 1. The van der Waals surface area contributed by atoms with Gasteiger partial charge < -0.3 is 30.3 Å². The number of nitrogens with one attached hydrogen (secondary N) is 2. The number of carboxylic acid groups (broad SMARTS) is 2. The Balaban J connectivity index is 2.52. The van der Waals surface area contributed by atoms with Crippen molar-refractivity contribution in [1.29, 1.82) is 0 Å². The molecule has 0 aromatic heterocycles. The van der Waals surface area contributed by atoms with Crippen LogP contribution in [0.4, 0.5) is 5.69 Å². The van der Waals surface area contributed by atoms with E-state index in [0.29, 0.717) is 30.0 Å². The van der Waals surface area contributed by atoms with Crippen molar-refractivity contribution in [2.24, 2.45) is 0 Å². The Morgan fingerprint density at radius 1 is 0.655 bits per heavy atom. The van der Waals surface area contributed by atoms with Gasteiger partial charge in [-0.1, -0.05) is 117 Å². The third-order valence-electron chi connectivity index (χ3n) is 9.16. The van der Waals surface area contributed by atoms with Gasteiger partial charge in [-0.15, -0.1) is 0 Å². The molecule has 0 saturated carbocycles. The van der Waals surface area contributed by atoms with Crippen LogP contribution in [0.15, 0.2) is 24.3 Å². The molecule has 0 aliphatic heterocycles. The summed E-state index contributed by atoms with van der Waals surface area (Å²) in [5.74, 6) is -3.25. The minimum Gasteiger partial charge on any atom is -0.481 e. The normalized spacial score (nSPS) is 12.0. The highest BCUT2D eigenvalue weighted by Crippen LogP contribution is 2.16. The molecule has 2 atom stereocenters. The molecular weight excluding hydrogens is 725 g/mol. The zero-order valence-electron chi connectivity index (χ0n) is 33.4. The van der Waals surface area contributed by atoms with Crippen LogP contribution in [0.2, 0.25) is 0 Å². The molecule has 1 aromatic carbocycles. The number of anilines is 1. The van der Waals surface area contributed by atoms with Gasteiger partial charge in [0, 0.05) is 48.4 Å². The fourth-order valence-corrected chi connectivity index (χ4v) is 6.78. The Morgan fingerprint density at radius 3 is 1.67 bits per heavy atom. The predicted molar refractivity (Wildman–Crippen MR) is 217 cm³/mol. The molecule has 0 radical (unpaired) electrons. The Hall–Kier alpha value is -3.61. The van der Waals surface area contributed by atoms with Gasteiger partial charge in [0.15, 0.2) is 0 Å². The number of hydrogen-bond donors (Lipinski definition) is 4. The topological polar surface area (TPSA) is 185 Å². The highest BCUT2D eigenvalue weighted by molar-refractivity contribution is 7.99. The van der Waals surface area contributed by atoms with E-state index >= 15 is 0 Å². The quantitative estimate of drug-likeness (QED) is 0.0380. The summed E-state index contributed by atoms with van der Waals surface area (Å²) in [5.41, 5.74) is 0.594. The van der Waals surface area contributed by atoms with E-state index in [0.717, 1.165) is 38.5 Å². The van der Waals surface area contributed by atoms with Crippen molar-refractivity contribution in [3.63, 3.8) is 0 Å². The minimum absolute atomic E-state index is 0.0222. The lowest BCUT2D eigenvalue weighted by molar-refractivity contribution is -0.157. The molecule has 0 fully saturated rings. The first-order valence-electron chi connectivity index (χ1n) is 20.6. The molecule has 55 heavy (non-hydrogen) atoms. The summed E-state index contributed by atoms with van der Waals surface area (Å²) in [6.07, 6.45) is 20.2. The number of carbonyl (C=O) groups excluding carboxylic acids is 4. The predicted octanol–water partition coefficient (Wildman–Crippen LogP) is 9.09. The van der Waals surface area contributed by atoms with Gasteiger partial charge in [0.05, 0.1) is 0 Å². The van der Waals surface area contributed by atoms with Gasteiger partial charge in [-0.2, -0.15) is 11.8 Å². The molecule has 0 spiro atoms. The molecule has 1 unspecified atom stereocenters. The van der Waals surface area contributed by atoms with E-state index in [9.17, 15) is 33.9 Å². The zero-order chi connectivity index (χ0) is 40.5. The van der Waals surface area contributed by atoms with Crippen molar-refractivity contribution in [2.45, 2.75) is 174 Å². The maximum absolute atomic E-state index is 12.7. The van der Waals surface area contributed by atoms with E-state index in [4.69, 9.17) is 14.6 Å². The number of benzene rings is 1. The molecule has 1 aromatic rings. The number of hydrogen-bond acceptors (Lipinski definition) is 9. The van der Waals surface area contributed by atoms with Crippen LogP contribution in [-0.2, 0) is 33.4 Å². The summed E-state index contributed by atoms with van der Waals surface area (Å²) >= 11 is 1.42. The first-order valence-corrected chi connectivity index (χ1v) is 21.8. The Kier molecular flexibility index (Phi) is 29.3. The third-order valence-corrected chi connectivity index (χ3v) is 10.3. The Morgan fingerprint density at radius 2 is 1.16 bits per heavy atom. The standard InChI is InChI=1S/C42H68N2O10S/c1-3-5-7-9-11-13-15-17-19-21-39(48)53-31-35(54-40(49)22-20-18-16-14-12-10-8-6-4-2)32-55-30-29-37(45)43-34-25-23-33(24-26-34)41(50)44-36(42(51)52)27-28-38(46)47/h23-26,35-36H,3-22,27-32H2,1-2H3,(H,43,45)(H,44,50)(H,46,47)(H,51,52)/t35?,36-/m0/s1. The molecular formula is C42H68N2O10S. The van der Waals surface area contributed by atoms with Crippen LogP contribution in [0, 0.1) is 0 Å². The average molecular weight is 793 g/mol. The summed E-state index contributed by atoms with van der Waals surface area (Å²) in [6, 6.07) is 4.54. The van der Waals surface area contributed by atoms with Crippen molar-refractivity contribution < 1.29 is 48.5 Å². The van der Waals surface area contributed by atoms with Crippen LogP contribution in [-0.4, -0.2) is 76.2 Å². The molecule has 1 rings (SSSR count). The number of carbonyl (C=O) groups is 6. The van der Waals surface area contributed by atoms with Gasteiger partial charge in [0.1, 0.15) is 18.8 Å². The van der Waals surface area contributed by atoms with Gasteiger partial charge >= 0.3 is 23.9 Å². The second-order valence-electron chi connectivity index (χ2n) is 14.2. The first kappa shape index (κ1) is 49.4. The number of carboxylic acids is 2. The first-order chi connectivity index (χ1) is 26.5. The number of unbranched alkanes of at least 4 members (excludes halogenated alkanes) is 16. The number of esters is 2. The van der Waals surface area contributed by atoms with E-state index in [1.807, 2.05) is 0 Å². The number of rotatable bonds is 35. The van der Waals surface area contributed by atoms with Crippen LogP contribution in [0.1, 0.15) is 172 Å². The highest BCUT2D eigenvalue weighted by atomic mass is 32.2. The van der Waals surface area contributed by atoms with Gasteiger partial charge in [-0.05, 0) is 43.5 Å². The molecule has 13 heteroatoms. The second-order valence-corrected chi connectivity index (χ2v) is 15.3. The summed E-state index contributed by atoms with van der Waals surface area (Å²) in [5, 5.41) is 23.2. The SMILES string of the molecule is CCCCCCCCCCCC(=O)OCC(CSCCC(=O)Nc1ccc(C(=O)N[C@@H](CCC(=O)O)C(=O)O)cc1)OC(=O)CCCCCCCCCCC. The largest absolute Gasteiger partial charge is 0.481 e. The molecule has 0 bridgehead atoms. The van der Waals surface area contributed by atoms with Crippen LogP contribution < -0.4 is 10.6 Å². The summed E-state index contributed by atoms with van der Waals surface area (Å²) < 4.78 is 11.3. The van der Waals surface area contributed by atoms with Gasteiger partial charge in [0.25, 0.3) is 5.91 Å². The van der Waals surface area contributed by atoms with Crippen molar-refractivity contribution >= 4 is 53.1 Å². The van der Waals surface area contributed by atoms with E-state index in [2.05, 4.69) is 24.5 Å². The lowest BCUT2D eigenvalue weighted by Crippen LogP contribution is -2.41. The van der Waals surface area contributed by atoms with Gasteiger partial charge in [-0.3, -0.25) is 24.0 Å². The smallest absolute Gasteiger partial charge is 0.326 e. The maximum Gasteiger partial charge on any atom is 0.326 e. The van der Waals surface area contributed by atoms with Crippen molar-refractivity contribution in [2.75, 3.05) is 23.4 Å². The van der Waals surface area contributed by atoms with Gasteiger partial charge in [-0.25, -0.2) is 4.79 Å². The van der Waals surface area contributed by atoms with Crippen LogP contribution in [0.5, 0.6) is 0 Å². The molecule has 2 amide bonds. The molecule has 0 aliphatic carbocycles. The number of amides is 2. The Bertz CT molecular complexity index is 1240. The van der Waals surface area contributed by atoms with Crippen molar-refractivity contribution in [3.8, 4) is 0 Å². The maximum atomic E-state index is 12.7. The minimum atomic E-state index is -1.35.